The number of carbonyl (C=O) groups excluding carboxylic acids is 2. The Morgan fingerprint density at radius 1 is 1.21 bits per heavy atom. The first kappa shape index (κ1) is 16.0. The van der Waals surface area contributed by atoms with Gasteiger partial charge in [0, 0.05) is 0 Å². The van der Waals surface area contributed by atoms with Crippen molar-refractivity contribution >= 4 is 38.6 Å². The van der Waals surface area contributed by atoms with Crippen molar-refractivity contribution in [1.29, 1.82) is 0 Å². The number of anilines is 1. The zero-order valence-corrected chi connectivity index (χ0v) is 13.8. The van der Waals surface area contributed by atoms with Crippen LogP contribution in [0.25, 0.3) is 10.2 Å². The average molecular weight is 344 g/mol. The van der Waals surface area contributed by atoms with E-state index in [1.807, 2.05) is 25.1 Å². The lowest BCUT2D eigenvalue weighted by Crippen LogP contribution is -2.39. The third-order valence-corrected chi connectivity index (χ3v) is 4.22. The number of para-hydroxylation sites is 1. The van der Waals surface area contributed by atoms with E-state index >= 15 is 0 Å². The van der Waals surface area contributed by atoms with E-state index in [-0.39, 0.29) is 19.0 Å². The van der Waals surface area contributed by atoms with Crippen LogP contribution in [0.3, 0.4) is 0 Å². The standard InChI is InChI=1S/C16H16N4O3S/c1-10-4-2-6-12-14(10)20-16(24-12)19-13(21)9-18-15(22)17-8-11-5-3-7-23-11/h2-7H,8-9H2,1H3,(H2,17,18,22)(H,19,20,21). The Labute approximate surface area is 142 Å². The first-order chi connectivity index (χ1) is 11.6. The average Bonchev–Trinajstić information content (AvgIpc) is 3.20. The molecule has 0 radical (unpaired) electrons. The number of aryl methyl sites for hydroxylation is 1. The van der Waals surface area contributed by atoms with Crippen LogP contribution in [0.1, 0.15) is 11.3 Å². The van der Waals surface area contributed by atoms with E-state index in [2.05, 4.69) is 20.9 Å². The highest BCUT2D eigenvalue weighted by Gasteiger charge is 2.10. The molecule has 0 aliphatic carbocycles. The van der Waals surface area contributed by atoms with Crippen molar-refractivity contribution in [2.75, 3.05) is 11.9 Å². The summed E-state index contributed by atoms with van der Waals surface area (Å²) >= 11 is 1.40. The molecule has 3 rings (SSSR count). The topological polar surface area (TPSA) is 96.3 Å². The van der Waals surface area contributed by atoms with Crippen molar-refractivity contribution in [3.63, 3.8) is 0 Å². The molecule has 3 amide bonds. The van der Waals surface area contributed by atoms with Crippen molar-refractivity contribution in [2.45, 2.75) is 13.5 Å². The highest BCUT2D eigenvalue weighted by Crippen LogP contribution is 2.27. The molecular formula is C16H16N4O3S. The molecule has 0 unspecified atom stereocenters. The molecule has 24 heavy (non-hydrogen) atoms. The number of fused-ring (bicyclic) bond motifs is 1. The van der Waals surface area contributed by atoms with Gasteiger partial charge in [0.2, 0.25) is 5.91 Å². The lowest BCUT2D eigenvalue weighted by molar-refractivity contribution is -0.115. The van der Waals surface area contributed by atoms with Crippen LogP contribution < -0.4 is 16.0 Å². The molecule has 3 aromatic rings. The fourth-order valence-electron chi connectivity index (χ4n) is 2.11. The molecule has 8 heteroatoms. The number of benzene rings is 1. The summed E-state index contributed by atoms with van der Waals surface area (Å²) in [6.45, 7) is 2.09. The minimum Gasteiger partial charge on any atom is -0.467 e. The normalized spacial score (nSPS) is 10.5. The molecule has 0 spiro atoms. The number of carbonyl (C=O) groups is 2. The van der Waals surface area contributed by atoms with Gasteiger partial charge in [-0.1, -0.05) is 23.5 Å². The second kappa shape index (κ2) is 7.14. The molecule has 2 heterocycles. The fraction of sp³-hybridized carbons (Fsp3) is 0.188. The van der Waals surface area contributed by atoms with Gasteiger partial charge in [0.05, 0.1) is 29.6 Å². The molecule has 0 saturated carbocycles. The molecule has 1 aromatic carbocycles. The fourth-order valence-corrected chi connectivity index (χ4v) is 3.07. The largest absolute Gasteiger partial charge is 0.467 e. The van der Waals surface area contributed by atoms with Gasteiger partial charge in [-0.25, -0.2) is 9.78 Å². The molecule has 0 bridgehead atoms. The number of hydrogen-bond acceptors (Lipinski definition) is 5. The number of amides is 3. The molecule has 0 atom stereocenters. The summed E-state index contributed by atoms with van der Waals surface area (Å²) in [6, 6.07) is 8.92. The van der Waals surface area contributed by atoms with Gasteiger partial charge in [0.1, 0.15) is 5.76 Å². The summed E-state index contributed by atoms with van der Waals surface area (Å²) in [5.74, 6) is 0.305. The Kier molecular flexibility index (Phi) is 4.76. The number of rotatable bonds is 5. The number of urea groups is 1. The van der Waals surface area contributed by atoms with Gasteiger partial charge in [-0.15, -0.1) is 0 Å². The molecule has 0 aliphatic heterocycles. The summed E-state index contributed by atoms with van der Waals surface area (Å²) in [6.07, 6.45) is 1.53. The molecular weight excluding hydrogens is 328 g/mol. The van der Waals surface area contributed by atoms with E-state index < -0.39 is 6.03 Å². The Balaban J connectivity index is 1.48. The maximum absolute atomic E-state index is 11.9. The van der Waals surface area contributed by atoms with Gasteiger partial charge >= 0.3 is 6.03 Å². The van der Waals surface area contributed by atoms with Crippen molar-refractivity contribution in [3.8, 4) is 0 Å². The molecule has 124 valence electrons. The van der Waals surface area contributed by atoms with E-state index in [0.717, 1.165) is 15.8 Å². The van der Waals surface area contributed by atoms with Gasteiger partial charge in [0.15, 0.2) is 5.13 Å². The van der Waals surface area contributed by atoms with Crippen LogP contribution >= 0.6 is 11.3 Å². The molecule has 0 fully saturated rings. The quantitative estimate of drug-likeness (QED) is 0.663. The van der Waals surface area contributed by atoms with Gasteiger partial charge in [-0.05, 0) is 30.7 Å². The Hall–Kier alpha value is -2.87. The summed E-state index contributed by atoms with van der Waals surface area (Å²) in [7, 11) is 0. The van der Waals surface area contributed by atoms with Crippen molar-refractivity contribution < 1.29 is 14.0 Å². The van der Waals surface area contributed by atoms with Crippen LogP contribution in [0, 0.1) is 6.92 Å². The third kappa shape index (κ3) is 3.90. The SMILES string of the molecule is Cc1cccc2sc(NC(=O)CNC(=O)NCc3ccco3)nc12. The summed E-state index contributed by atoms with van der Waals surface area (Å²) < 4.78 is 6.11. The minimum absolute atomic E-state index is 0.140. The number of furan rings is 1. The van der Waals surface area contributed by atoms with Crippen molar-refractivity contribution in [3.05, 3.63) is 47.9 Å². The van der Waals surface area contributed by atoms with Crippen LogP contribution in [-0.4, -0.2) is 23.5 Å². The zero-order chi connectivity index (χ0) is 16.9. The van der Waals surface area contributed by atoms with Gasteiger partial charge in [-0.3, -0.25) is 4.79 Å². The number of nitrogens with zero attached hydrogens (tertiary/aromatic N) is 1. The maximum atomic E-state index is 11.9. The second-order valence-electron chi connectivity index (χ2n) is 5.10. The molecule has 2 aromatic heterocycles. The number of aromatic nitrogens is 1. The zero-order valence-electron chi connectivity index (χ0n) is 13.0. The van der Waals surface area contributed by atoms with Gasteiger partial charge in [-0.2, -0.15) is 0 Å². The Morgan fingerprint density at radius 2 is 2.08 bits per heavy atom. The second-order valence-corrected chi connectivity index (χ2v) is 6.14. The Morgan fingerprint density at radius 3 is 2.83 bits per heavy atom. The van der Waals surface area contributed by atoms with Crippen molar-refractivity contribution in [1.82, 2.24) is 15.6 Å². The van der Waals surface area contributed by atoms with Crippen LogP contribution in [-0.2, 0) is 11.3 Å². The third-order valence-electron chi connectivity index (χ3n) is 3.28. The van der Waals surface area contributed by atoms with E-state index in [1.165, 1.54) is 17.6 Å². The van der Waals surface area contributed by atoms with Crippen molar-refractivity contribution in [2.24, 2.45) is 0 Å². The van der Waals surface area contributed by atoms with Gasteiger partial charge in [0.25, 0.3) is 0 Å². The van der Waals surface area contributed by atoms with Crippen LogP contribution in [0.5, 0.6) is 0 Å². The van der Waals surface area contributed by atoms with Crippen LogP contribution in [0.15, 0.2) is 41.0 Å². The monoisotopic (exact) mass is 344 g/mol. The number of hydrogen-bond donors (Lipinski definition) is 3. The smallest absolute Gasteiger partial charge is 0.315 e. The molecule has 7 nitrogen and oxygen atoms in total. The lowest BCUT2D eigenvalue weighted by Gasteiger charge is -2.06. The predicted molar refractivity (Wildman–Crippen MR) is 91.9 cm³/mol. The number of nitrogens with one attached hydrogen (secondary N) is 3. The lowest BCUT2D eigenvalue weighted by atomic mass is 10.2. The first-order valence-corrected chi connectivity index (χ1v) is 8.13. The van der Waals surface area contributed by atoms with Crippen LogP contribution in [0.2, 0.25) is 0 Å². The van der Waals surface area contributed by atoms with E-state index in [4.69, 9.17) is 4.42 Å². The van der Waals surface area contributed by atoms with Crippen LogP contribution in [0.4, 0.5) is 9.93 Å². The van der Waals surface area contributed by atoms with E-state index in [0.29, 0.717) is 10.9 Å². The van der Waals surface area contributed by atoms with Gasteiger partial charge < -0.3 is 20.4 Å². The first-order valence-electron chi connectivity index (χ1n) is 7.32. The molecule has 3 N–H and O–H groups in total. The number of thiazole rings is 1. The predicted octanol–water partition coefficient (Wildman–Crippen LogP) is 2.64. The minimum atomic E-state index is -0.443. The summed E-state index contributed by atoms with van der Waals surface area (Å²) in [5.41, 5.74) is 1.93. The Bertz CT molecular complexity index is 857. The molecule has 0 saturated heterocycles. The highest BCUT2D eigenvalue weighted by atomic mass is 32.1. The van der Waals surface area contributed by atoms with E-state index in [1.54, 1.807) is 12.1 Å². The summed E-state index contributed by atoms with van der Waals surface area (Å²) in [4.78, 5) is 27.9. The highest BCUT2D eigenvalue weighted by molar-refractivity contribution is 7.22. The van der Waals surface area contributed by atoms with E-state index in [9.17, 15) is 9.59 Å². The maximum Gasteiger partial charge on any atom is 0.315 e. The summed E-state index contributed by atoms with van der Waals surface area (Å²) in [5, 5.41) is 8.29. The molecule has 0 aliphatic rings.